The third-order valence-corrected chi connectivity index (χ3v) is 8.63. The first-order chi connectivity index (χ1) is 16.4. The Morgan fingerprint density at radius 1 is 0.941 bits per heavy atom. The average molecular weight is 517 g/mol. The Morgan fingerprint density at radius 3 is 2.12 bits per heavy atom. The van der Waals surface area contributed by atoms with Gasteiger partial charge in [-0.3, -0.25) is 19.3 Å². The van der Waals surface area contributed by atoms with Crippen molar-refractivity contribution >= 4 is 39.3 Å². The molecule has 1 aliphatic heterocycles. The lowest BCUT2D eigenvalue weighted by Crippen LogP contribution is -2.50. The molecule has 2 bridgehead atoms. The molecular weight excluding hydrogens is 496 g/mol. The Morgan fingerprint density at radius 2 is 1.53 bits per heavy atom. The van der Waals surface area contributed by atoms with Gasteiger partial charge in [0.1, 0.15) is 12.3 Å². The van der Waals surface area contributed by atoms with E-state index in [-0.39, 0.29) is 24.3 Å². The molecule has 1 heterocycles. The van der Waals surface area contributed by atoms with E-state index >= 15 is 0 Å². The molecule has 0 saturated carbocycles. The number of benzene rings is 3. The van der Waals surface area contributed by atoms with E-state index in [9.17, 15) is 14.4 Å². The fourth-order valence-corrected chi connectivity index (χ4v) is 7.12. The number of rotatable bonds is 4. The average Bonchev–Trinajstić information content (AvgIpc) is 3.11. The number of hydrogen-bond acceptors (Lipinski definition) is 4. The van der Waals surface area contributed by atoms with E-state index in [1.165, 1.54) is 0 Å². The van der Waals surface area contributed by atoms with Crippen molar-refractivity contribution in [2.75, 3.05) is 19.0 Å². The van der Waals surface area contributed by atoms with Crippen molar-refractivity contribution in [3.8, 4) is 5.75 Å². The molecule has 170 valence electrons. The third kappa shape index (κ3) is 2.76. The molecule has 0 radical (unpaired) electrons. The highest BCUT2D eigenvalue weighted by molar-refractivity contribution is 9.09. The van der Waals surface area contributed by atoms with Gasteiger partial charge in [0.15, 0.2) is 0 Å². The minimum absolute atomic E-state index is 0.220. The van der Waals surface area contributed by atoms with E-state index in [1.54, 1.807) is 31.4 Å². The number of methoxy groups -OCH3 is 1. The molecule has 34 heavy (non-hydrogen) atoms. The summed E-state index contributed by atoms with van der Waals surface area (Å²) >= 11 is 3.95. The summed E-state index contributed by atoms with van der Waals surface area (Å²) in [4.78, 5) is 41.3. The Hall–Kier alpha value is -3.45. The number of likely N-dealkylation sites (tertiary alicyclic amines) is 1. The van der Waals surface area contributed by atoms with Crippen LogP contribution in [-0.4, -0.2) is 36.3 Å². The molecule has 3 aliphatic carbocycles. The minimum atomic E-state index is -0.812. The molecule has 2 atom stereocenters. The Bertz CT molecular complexity index is 1310. The smallest absolute Gasteiger partial charge is 0.244 e. The van der Waals surface area contributed by atoms with Crippen molar-refractivity contribution in [2.45, 2.75) is 10.2 Å². The van der Waals surface area contributed by atoms with Gasteiger partial charge in [0.25, 0.3) is 0 Å². The number of hydrogen-bond donors (Lipinski definition) is 1. The first-order valence-electron chi connectivity index (χ1n) is 11.1. The highest BCUT2D eigenvalue weighted by Crippen LogP contribution is 2.66. The molecule has 7 heteroatoms. The van der Waals surface area contributed by atoms with Crippen LogP contribution in [0.15, 0.2) is 72.8 Å². The van der Waals surface area contributed by atoms with Crippen molar-refractivity contribution < 1.29 is 19.1 Å². The fraction of sp³-hybridized carbons (Fsp3) is 0.222. The Balaban J connectivity index is 1.35. The zero-order chi connectivity index (χ0) is 23.6. The van der Waals surface area contributed by atoms with Crippen LogP contribution in [0.1, 0.15) is 28.2 Å². The highest BCUT2D eigenvalue weighted by Gasteiger charge is 2.67. The van der Waals surface area contributed by atoms with Gasteiger partial charge in [-0.1, -0.05) is 64.5 Å². The topological polar surface area (TPSA) is 75.7 Å². The summed E-state index contributed by atoms with van der Waals surface area (Å²) in [6, 6.07) is 22.9. The van der Waals surface area contributed by atoms with Crippen molar-refractivity contribution in [3.63, 3.8) is 0 Å². The molecule has 6 nitrogen and oxygen atoms in total. The normalized spacial score (nSPS) is 26.1. The quantitative estimate of drug-likeness (QED) is 0.419. The van der Waals surface area contributed by atoms with Crippen molar-refractivity contribution in [1.82, 2.24) is 4.90 Å². The van der Waals surface area contributed by atoms with E-state index in [2.05, 4.69) is 21.2 Å². The second kappa shape index (κ2) is 7.53. The number of carbonyl (C=O) groups excluding carboxylic acids is 3. The summed E-state index contributed by atoms with van der Waals surface area (Å²) < 4.78 is 4.33. The summed E-state index contributed by atoms with van der Waals surface area (Å²) in [6.45, 7) is -0.320. The van der Waals surface area contributed by atoms with Crippen LogP contribution in [0.3, 0.4) is 0 Å². The van der Waals surface area contributed by atoms with Gasteiger partial charge in [-0.2, -0.15) is 0 Å². The second-order valence-corrected chi connectivity index (χ2v) is 10.2. The molecular formula is C27H21BrN2O4. The predicted octanol–water partition coefficient (Wildman–Crippen LogP) is 4.03. The van der Waals surface area contributed by atoms with Crippen LogP contribution in [0.25, 0.3) is 0 Å². The Labute approximate surface area is 205 Å². The zero-order valence-electron chi connectivity index (χ0n) is 18.3. The summed E-state index contributed by atoms with van der Waals surface area (Å²) in [7, 11) is 1.57. The van der Waals surface area contributed by atoms with Crippen LogP contribution in [0.4, 0.5) is 5.69 Å². The van der Waals surface area contributed by atoms with Crippen LogP contribution in [0.2, 0.25) is 0 Å². The number of nitrogens with one attached hydrogen (secondary N) is 1. The van der Waals surface area contributed by atoms with E-state index in [4.69, 9.17) is 4.74 Å². The SMILES string of the molecule is COc1ccc(NC(=O)CN2C(=O)[C@@H]3C4c5ccccc5C(Br)(c5ccccc54)[C@@H]3C2=O)cc1. The van der Waals surface area contributed by atoms with Gasteiger partial charge < -0.3 is 10.1 Å². The predicted molar refractivity (Wildman–Crippen MR) is 130 cm³/mol. The van der Waals surface area contributed by atoms with Gasteiger partial charge in [-0.05, 0) is 46.5 Å². The number of carbonyl (C=O) groups is 3. The first kappa shape index (κ1) is 21.1. The maximum Gasteiger partial charge on any atom is 0.244 e. The number of imide groups is 1. The maximum absolute atomic E-state index is 13.7. The molecule has 0 aromatic heterocycles. The standard InChI is InChI=1S/C27H21BrN2O4/c1-34-16-12-10-15(11-13-16)29-21(31)14-30-25(32)23-22-17-6-2-4-8-19(17)27(28,24(23)26(30)33)20-9-5-3-7-18(20)22/h2-13,22-24H,14H2,1H3,(H,29,31)/t22?,23-,24+,27?/m1/s1. The molecule has 0 unspecified atom stereocenters. The summed E-state index contributed by atoms with van der Waals surface area (Å²) in [5, 5.41) is 2.77. The molecule has 1 N–H and O–H groups in total. The highest BCUT2D eigenvalue weighted by atomic mass is 79.9. The molecule has 3 amide bonds. The number of amides is 3. The molecule has 4 aliphatic rings. The zero-order valence-corrected chi connectivity index (χ0v) is 19.9. The number of nitrogens with zero attached hydrogens (tertiary/aromatic N) is 1. The molecule has 3 aromatic rings. The van der Waals surface area contributed by atoms with Gasteiger partial charge in [0.2, 0.25) is 17.7 Å². The molecule has 0 spiro atoms. The minimum Gasteiger partial charge on any atom is -0.497 e. The largest absolute Gasteiger partial charge is 0.497 e. The number of anilines is 1. The van der Waals surface area contributed by atoms with Crippen LogP contribution in [0.5, 0.6) is 5.75 Å². The van der Waals surface area contributed by atoms with Gasteiger partial charge >= 0.3 is 0 Å². The lowest BCUT2D eigenvalue weighted by atomic mass is 9.55. The van der Waals surface area contributed by atoms with Crippen LogP contribution in [0, 0.1) is 11.8 Å². The van der Waals surface area contributed by atoms with E-state index < -0.39 is 22.1 Å². The van der Waals surface area contributed by atoms with Gasteiger partial charge in [0.05, 0.1) is 23.3 Å². The van der Waals surface area contributed by atoms with Crippen LogP contribution < -0.4 is 10.1 Å². The van der Waals surface area contributed by atoms with Gasteiger partial charge in [0, 0.05) is 11.6 Å². The van der Waals surface area contributed by atoms with Crippen molar-refractivity contribution in [2.24, 2.45) is 11.8 Å². The summed E-state index contributed by atoms with van der Waals surface area (Å²) in [6.07, 6.45) is 0. The molecule has 1 fully saturated rings. The van der Waals surface area contributed by atoms with E-state index in [1.807, 2.05) is 48.5 Å². The monoisotopic (exact) mass is 516 g/mol. The molecule has 3 aromatic carbocycles. The van der Waals surface area contributed by atoms with Crippen LogP contribution >= 0.6 is 15.9 Å². The number of ether oxygens (including phenoxy) is 1. The Kier molecular flexibility index (Phi) is 4.68. The van der Waals surface area contributed by atoms with Crippen LogP contribution in [-0.2, 0) is 18.7 Å². The lowest BCUT2D eigenvalue weighted by Gasteiger charge is -2.51. The van der Waals surface area contributed by atoms with Crippen molar-refractivity contribution in [3.05, 3.63) is 95.1 Å². The molecule has 1 saturated heterocycles. The summed E-state index contributed by atoms with van der Waals surface area (Å²) in [5.74, 6) is -1.74. The summed E-state index contributed by atoms with van der Waals surface area (Å²) in [5.41, 5.74) is 4.73. The number of alkyl halides is 1. The van der Waals surface area contributed by atoms with E-state index in [0.717, 1.165) is 27.2 Å². The van der Waals surface area contributed by atoms with Crippen molar-refractivity contribution in [1.29, 1.82) is 0 Å². The molecule has 7 rings (SSSR count). The first-order valence-corrected chi connectivity index (χ1v) is 11.9. The van der Waals surface area contributed by atoms with Gasteiger partial charge in [-0.25, -0.2) is 0 Å². The maximum atomic E-state index is 13.7. The second-order valence-electron chi connectivity index (χ2n) is 8.91. The third-order valence-electron chi connectivity index (χ3n) is 7.28. The fourth-order valence-electron chi connectivity index (χ4n) is 5.91. The van der Waals surface area contributed by atoms with E-state index in [0.29, 0.717) is 11.4 Å². The lowest BCUT2D eigenvalue weighted by molar-refractivity contribution is -0.142. The number of halogens is 1. The van der Waals surface area contributed by atoms with Gasteiger partial charge in [-0.15, -0.1) is 0 Å².